The highest BCUT2D eigenvalue weighted by molar-refractivity contribution is 5.75. The van der Waals surface area contributed by atoms with Crippen molar-refractivity contribution in [2.24, 2.45) is 0 Å². The molecule has 1 aromatic rings. The summed E-state index contributed by atoms with van der Waals surface area (Å²) in [5.41, 5.74) is -0.323. The number of methoxy groups -OCH3 is 2. The first kappa shape index (κ1) is 15.1. The number of ether oxygens (including phenoxy) is 3. The number of carbonyl (C=O) groups is 1. The standard InChI is InChI=1S/C12H15F2NO4/c1-4-19-9(16)5-7-8(17-2)6-15-10(12(13)14)11(7)18-3/h6,12H,4-5H2,1-3H3. The Balaban J connectivity index is 3.23. The second kappa shape index (κ2) is 6.86. The maximum absolute atomic E-state index is 12.8. The summed E-state index contributed by atoms with van der Waals surface area (Å²) in [6.07, 6.45) is -1.89. The van der Waals surface area contributed by atoms with Crippen molar-refractivity contribution in [3.8, 4) is 11.5 Å². The molecule has 1 aromatic heterocycles. The first-order valence-electron chi connectivity index (χ1n) is 5.58. The molecule has 0 unspecified atom stereocenters. The molecule has 0 saturated carbocycles. The van der Waals surface area contributed by atoms with Crippen LogP contribution in [0.4, 0.5) is 8.78 Å². The molecule has 0 aliphatic carbocycles. The van der Waals surface area contributed by atoms with Crippen LogP contribution in [-0.2, 0) is 16.0 Å². The fraction of sp³-hybridized carbons (Fsp3) is 0.500. The van der Waals surface area contributed by atoms with Gasteiger partial charge in [0.05, 0.1) is 39.0 Å². The molecule has 1 heterocycles. The predicted octanol–water partition coefficient (Wildman–Crippen LogP) is 2.14. The van der Waals surface area contributed by atoms with Gasteiger partial charge in [-0.1, -0.05) is 0 Å². The molecule has 0 amide bonds. The van der Waals surface area contributed by atoms with Crippen LogP contribution in [0.25, 0.3) is 0 Å². The fourth-order valence-corrected chi connectivity index (χ4v) is 1.61. The van der Waals surface area contributed by atoms with Crippen molar-refractivity contribution >= 4 is 5.97 Å². The van der Waals surface area contributed by atoms with Crippen molar-refractivity contribution in [1.82, 2.24) is 4.98 Å². The summed E-state index contributed by atoms with van der Waals surface area (Å²) in [5.74, 6) is -0.498. The van der Waals surface area contributed by atoms with E-state index in [-0.39, 0.29) is 30.1 Å². The minimum absolute atomic E-state index is 0.151. The average Bonchev–Trinajstić information content (AvgIpc) is 2.38. The van der Waals surface area contributed by atoms with E-state index in [4.69, 9.17) is 14.2 Å². The lowest BCUT2D eigenvalue weighted by Gasteiger charge is -2.15. The summed E-state index contributed by atoms with van der Waals surface area (Å²) in [7, 11) is 2.59. The van der Waals surface area contributed by atoms with Gasteiger partial charge < -0.3 is 14.2 Å². The van der Waals surface area contributed by atoms with Gasteiger partial charge in [0.15, 0.2) is 5.75 Å². The molecule has 1 rings (SSSR count). The molecule has 0 fully saturated rings. The van der Waals surface area contributed by atoms with Crippen molar-refractivity contribution in [2.75, 3.05) is 20.8 Å². The molecule has 0 atom stereocenters. The number of pyridine rings is 1. The van der Waals surface area contributed by atoms with Gasteiger partial charge in [0.1, 0.15) is 11.4 Å². The molecule has 0 bridgehead atoms. The van der Waals surface area contributed by atoms with E-state index in [1.165, 1.54) is 14.2 Å². The molecule has 0 aliphatic heterocycles. The highest BCUT2D eigenvalue weighted by Gasteiger charge is 2.24. The van der Waals surface area contributed by atoms with Gasteiger partial charge in [-0.2, -0.15) is 0 Å². The molecular formula is C12H15F2NO4. The monoisotopic (exact) mass is 275 g/mol. The van der Waals surface area contributed by atoms with E-state index in [1.54, 1.807) is 6.92 Å². The maximum atomic E-state index is 12.8. The van der Waals surface area contributed by atoms with Gasteiger partial charge in [-0.3, -0.25) is 4.79 Å². The molecule has 0 radical (unpaired) electrons. The number of aromatic nitrogens is 1. The number of nitrogens with zero attached hydrogens (tertiary/aromatic N) is 1. The van der Waals surface area contributed by atoms with Crippen LogP contribution < -0.4 is 9.47 Å². The van der Waals surface area contributed by atoms with Crippen LogP contribution in [0.1, 0.15) is 24.6 Å². The zero-order chi connectivity index (χ0) is 14.4. The zero-order valence-corrected chi connectivity index (χ0v) is 10.9. The van der Waals surface area contributed by atoms with Gasteiger partial charge >= 0.3 is 5.97 Å². The molecule has 5 nitrogen and oxygen atoms in total. The van der Waals surface area contributed by atoms with Crippen LogP contribution in [0.5, 0.6) is 11.5 Å². The summed E-state index contributed by atoms with van der Waals surface area (Å²) in [5, 5.41) is 0. The Hall–Kier alpha value is -1.92. The van der Waals surface area contributed by atoms with Gasteiger partial charge in [-0.05, 0) is 6.92 Å². The second-order valence-electron chi connectivity index (χ2n) is 3.51. The first-order chi connectivity index (χ1) is 9.04. The Morgan fingerprint density at radius 1 is 1.37 bits per heavy atom. The van der Waals surface area contributed by atoms with Crippen LogP contribution in [0, 0.1) is 0 Å². The van der Waals surface area contributed by atoms with E-state index in [1.807, 2.05) is 0 Å². The van der Waals surface area contributed by atoms with E-state index in [9.17, 15) is 13.6 Å². The van der Waals surface area contributed by atoms with Crippen molar-refractivity contribution in [3.05, 3.63) is 17.5 Å². The molecule has 0 spiro atoms. The Bertz CT molecular complexity index is 452. The summed E-state index contributed by atoms with van der Waals surface area (Å²) < 4.78 is 40.4. The fourth-order valence-electron chi connectivity index (χ4n) is 1.61. The number of hydrogen-bond acceptors (Lipinski definition) is 5. The predicted molar refractivity (Wildman–Crippen MR) is 62.6 cm³/mol. The van der Waals surface area contributed by atoms with Crippen molar-refractivity contribution in [3.63, 3.8) is 0 Å². The Kier molecular flexibility index (Phi) is 5.47. The van der Waals surface area contributed by atoms with Gasteiger partial charge in [0.25, 0.3) is 6.43 Å². The number of hydrogen-bond donors (Lipinski definition) is 0. The van der Waals surface area contributed by atoms with Gasteiger partial charge in [-0.15, -0.1) is 0 Å². The molecule has 19 heavy (non-hydrogen) atoms. The smallest absolute Gasteiger partial charge is 0.310 e. The van der Waals surface area contributed by atoms with Crippen LogP contribution >= 0.6 is 0 Å². The molecule has 106 valence electrons. The highest BCUT2D eigenvalue weighted by atomic mass is 19.3. The largest absolute Gasteiger partial charge is 0.495 e. The van der Waals surface area contributed by atoms with Gasteiger partial charge in [0, 0.05) is 0 Å². The third-order valence-electron chi connectivity index (χ3n) is 2.38. The molecular weight excluding hydrogens is 260 g/mol. The number of rotatable bonds is 6. The summed E-state index contributed by atoms with van der Waals surface area (Å²) in [4.78, 5) is 15.1. The number of esters is 1. The maximum Gasteiger partial charge on any atom is 0.310 e. The molecule has 0 aliphatic rings. The van der Waals surface area contributed by atoms with Crippen molar-refractivity contribution < 1.29 is 27.8 Å². The van der Waals surface area contributed by atoms with Crippen LogP contribution in [0.2, 0.25) is 0 Å². The Morgan fingerprint density at radius 3 is 2.53 bits per heavy atom. The van der Waals surface area contributed by atoms with Gasteiger partial charge in [0.2, 0.25) is 0 Å². The van der Waals surface area contributed by atoms with Crippen LogP contribution in [0.3, 0.4) is 0 Å². The first-order valence-corrected chi connectivity index (χ1v) is 5.58. The minimum Gasteiger partial charge on any atom is -0.495 e. The van der Waals surface area contributed by atoms with Crippen molar-refractivity contribution in [2.45, 2.75) is 19.8 Å². The van der Waals surface area contributed by atoms with Crippen molar-refractivity contribution in [1.29, 1.82) is 0 Å². The number of halogens is 2. The molecule has 0 aromatic carbocycles. The average molecular weight is 275 g/mol. The van der Waals surface area contributed by atoms with Crippen LogP contribution in [-0.4, -0.2) is 31.8 Å². The lowest BCUT2D eigenvalue weighted by atomic mass is 10.1. The van der Waals surface area contributed by atoms with Gasteiger partial charge in [-0.25, -0.2) is 13.8 Å². The summed E-state index contributed by atoms with van der Waals surface area (Å²) in [6, 6.07) is 0. The second-order valence-corrected chi connectivity index (χ2v) is 3.51. The Labute approximate surface area is 109 Å². The quantitative estimate of drug-likeness (QED) is 0.744. The minimum atomic E-state index is -2.80. The van der Waals surface area contributed by atoms with E-state index in [0.29, 0.717) is 0 Å². The van der Waals surface area contributed by atoms with E-state index < -0.39 is 18.1 Å². The Morgan fingerprint density at radius 2 is 2.05 bits per heavy atom. The summed E-state index contributed by atoms with van der Waals surface area (Å²) >= 11 is 0. The summed E-state index contributed by atoms with van der Waals surface area (Å²) in [6.45, 7) is 1.86. The third-order valence-corrected chi connectivity index (χ3v) is 2.38. The molecule has 7 heteroatoms. The van der Waals surface area contributed by atoms with E-state index in [2.05, 4.69) is 4.98 Å². The topological polar surface area (TPSA) is 57.7 Å². The normalized spacial score (nSPS) is 10.4. The lowest BCUT2D eigenvalue weighted by molar-refractivity contribution is -0.142. The number of alkyl halides is 2. The molecule has 0 saturated heterocycles. The van der Waals surface area contributed by atoms with E-state index in [0.717, 1.165) is 6.20 Å². The zero-order valence-electron chi connectivity index (χ0n) is 10.9. The van der Waals surface area contributed by atoms with E-state index >= 15 is 0 Å². The third kappa shape index (κ3) is 3.52. The number of carbonyl (C=O) groups excluding carboxylic acids is 1. The molecule has 0 N–H and O–H groups in total. The lowest BCUT2D eigenvalue weighted by Crippen LogP contribution is -2.11. The SMILES string of the molecule is CCOC(=O)Cc1c(OC)cnc(C(F)F)c1OC. The highest BCUT2D eigenvalue weighted by Crippen LogP contribution is 2.35. The van der Waals surface area contributed by atoms with Crippen LogP contribution in [0.15, 0.2) is 6.20 Å².